The van der Waals surface area contributed by atoms with Crippen LogP contribution < -0.4 is 0 Å². The normalized spacial score (nSPS) is 21.8. The van der Waals surface area contributed by atoms with Gasteiger partial charge in [0.1, 0.15) is 0 Å². The number of nitrogens with zero attached hydrogens (tertiary/aromatic N) is 1. The third-order valence-corrected chi connectivity index (χ3v) is 8.65. The molecule has 28 heavy (non-hydrogen) atoms. The summed E-state index contributed by atoms with van der Waals surface area (Å²) in [7, 11) is -3.43. The molecule has 2 fully saturated rings. The molecule has 2 aliphatic rings. The maximum atomic E-state index is 13.6. The Kier molecular flexibility index (Phi) is 5.23. The van der Waals surface area contributed by atoms with Gasteiger partial charge in [-0.15, -0.1) is 0 Å². The zero-order chi connectivity index (χ0) is 19.8. The van der Waals surface area contributed by atoms with Gasteiger partial charge >= 0.3 is 0 Å². The lowest BCUT2D eigenvalue weighted by Gasteiger charge is -2.33. The first kappa shape index (κ1) is 19.5. The molecular formula is C22H24ClNO3S. The van der Waals surface area contributed by atoms with Gasteiger partial charge in [0.25, 0.3) is 0 Å². The molecule has 1 amide bonds. The largest absolute Gasteiger partial charge is 0.341 e. The molecule has 148 valence electrons. The topological polar surface area (TPSA) is 54.5 Å². The van der Waals surface area contributed by atoms with E-state index in [1.807, 2.05) is 24.3 Å². The Morgan fingerprint density at radius 2 is 1.64 bits per heavy atom. The zero-order valence-electron chi connectivity index (χ0n) is 15.7. The number of benzene rings is 2. The van der Waals surface area contributed by atoms with Crippen LogP contribution >= 0.6 is 11.6 Å². The molecule has 0 aromatic heterocycles. The highest BCUT2D eigenvalue weighted by Gasteiger charge is 2.47. The van der Waals surface area contributed by atoms with Gasteiger partial charge in [0.05, 0.1) is 15.6 Å². The van der Waals surface area contributed by atoms with Crippen molar-refractivity contribution in [2.45, 2.75) is 47.7 Å². The third kappa shape index (κ3) is 3.35. The van der Waals surface area contributed by atoms with Crippen LogP contribution in [0.4, 0.5) is 0 Å². The molecule has 1 saturated heterocycles. The summed E-state index contributed by atoms with van der Waals surface area (Å²) in [5.74, 6) is 0.0677. The van der Waals surface area contributed by atoms with Crippen molar-refractivity contribution in [2.24, 2.45) is 0 Å². The predicted molar refractivity (Wildman–Crippen MR) is 110 cm³/mol. The average Bonchev–Trinajstić information content (AvgIpc) is 3.40. The van der Waals surface area contributed by atoms with Crippen molar-refractivity contribution < 1.29 is 13.2 Å². The molecule has 0 radical (unpaired) electrons. The van der Waals surface area contributed by atoms with Gasteiger partial charge < -0.3 is 4.90 Å². The number of amides is 1. The quantitative estimate of drug-likeness (QED) is 0.748. The SMILES string of the molecule is O=C(N1CC[C@@H](S(=O)(=O)c2ccccc2)C1)C1(c2ccc(Cl)cc2)CCCC1. The van der Waals surface area contributed by atoms with E-state index in [0.29, 0.717) is 22.9 Å². The first-order valence-corrected chi connectivity index (χ1v) is 11.7. The number of carbonyl (C=O) groups is 1. The van der Waals surface area contributed by atoms with Crippen LogP contribution in [0.5, 0.6) is 0 Å². The number of hydrogen-bond donors (Lipinski definition) is 0. The van der Waals surface area contributed by atoms with Crippen molar-refractivity contribution in [2.75, 3.05) is 13.1 Å². The van der Waals surface area contributed by atoms with E-state index in [1.54, 1.807) is 35.2 Å². The molecule has 2 aromatic carbocycles. The highest BCUT2D eigenvalue weighted by molar-refractivity contribution is 7.92. The van der Waals surface area contributed by atoms with Crippen LogP contribution in [-0.2, 0) is 20.0 Å². The Labute approximate surface area is 171 Å². The number of rotatable bonds is 4. The Morgan fingerprint density at radius 3 is 2.29 bits per heavy atom. The molecule has 4 rings (SSSR count). The van der Waals surface area contributed by atoms with Gasteiger partial charge in [0.15, 0.2) is 9.84 Å². The van der Waals surface area contributed by atoms with Gasteiger partial charge in [0.2, 0.25) is 5.91 Å². The molecule has 1 atom stereocenters. The van der Waals surface area contributed by atoms with Crippen molar-refractivity contribution in [3.63, 3.8) is 0 Å². The molecular weight excluding hydrogens is 394 g/mol. The first-order valence-electron chi connectivity index (χ1n) is 9.78. The predicted octanol–water partition coefficient (Wildman–Crippen LogP) is 4.23. The molecule has 0 N–H and O–H groups in total. The van der Waals surface area contributed by atoms with Crippen molar-refractivity contribution in [3.8, 4) is 0 Å². The van der Waals surface area contributed by atoms with Gasteiger partial charge in [-0.1, -0.05) is 54.8 Å². The summed E-state index contributed by atoms with van der Waals surface area (Å²) in [4.78, 5) is 15.7. The molecule has 0 unspecified atom stereocenters. The maximum absolute atomic E-state index is 13.6. The van der Waals surface area contributed by atoms with Crippen LogP contribution in [-0.4, -0.2) is 37.6 Å². The third-order valence-electron chi connectivity index (χ3n) is 6.21. The summed E-state index contributed by atoms with van der Waals surface area (Å²) in [6.07, 6.45) is 4.11. The minimum Gasteiger partial charge on any atom is -0.341 e. The van der Waals surface area contributed by atoms with Crippen LogP contribution in [0.1, 0.15) is 37.7 Å². The van der Waals surface area contributed by atoms with Crippen LogP contribution in [0.2, 0.25) is 5.02 Å². The lowest BCUT2D eigenvalue weighted by atomic mass is 9.77. The summed E-state index contributed by atoms with van der Waals surface area (Å²) in [6, 6.07) is 16.1. The van der Waals surface area contributed by atoms with E-state index >= 15 is 0 Å². The van der Waals surface area contributed by atoms with Crippen molar-refractivity contribution in [3.05, 3.63) is 65.2 Å². The summed E-state index contributed by atoms with van der Waals surface area (Å²) in [5.41, 5.74) is 0.449. The minimum absolute atomic E-state index is 0.0677. The molecule has 6 heteroatoms. The number of sulfone groups is 1. The molecule has 2 aromatic rings. The van der Waals surface area contributed by atoms with Gasteiger partial charge in [-0.3, -0.25) is 4.79 Å². The monoisotopic (exact) mass is 417 g/mol. The fourth-order valence-electron chi connectivity index (χ4n) is 4.64. The Hall–Kier alpha value is -1.85. The van der Waals surface area contributed by atoms with Crippen molar-refractivity contribution in [1.29, 1.82) is 0 Å². The Balaban J connectivity index is 1.58. The fraction of sp³-hybridized carbons (Fsp3) is 0.409. The molecule has 0 bridgehead atoms. The average molecular weight is 418 g/mol. The van der Waals surface area contributed by atoms with Crippen molar-refractivity contribution in [1.82, 2.24) is 4.90 Å². The zero-order valence-corrected chi connectivity index (χ0v) is 17.3. The number of hydrogen-bond acceptors (Lipinski definition) is 3. The fourth-order valence-corrected chi connectivity index (χ4v) is 6.48. The van der Waals surface area contributed by atoms with Crippen LogP contribution in [0.25, 0.3) is 0 Å². The van der Waals surface area contributed by atoms with E-state index in [1.165, 1.54) is 0 Å². The standard InChI is InChI=1S/C22H24ClNO3S/c23-18-10-8-17(9-11-18)22(13-4-5-14-22)21(25)24-15-12-20(16-24)28(26,27)19-6-2-1-3-7-19/h1-3,6-11,20H,4-5,12-16H2/t20-/m1/s1. The van der Waals surface area contributed by atoms with Crippen LogP contribution in [0.3, 0.4) is 0 Å². The second-order valence-corrected chi connectivity index (χ2v) is 10.5. The van der Waals surface area contributed by atoms with Crippen LogP contribution in [0.15, 0.2) is 59.5 Å². The Morgan fingerprint density at radius 1 is 1.00 bits per heavy atom. The molecule has 1 aliphatic carbocycles. The lowest BCUT2D eigenvalue weighted by Crippen LogP contribution is -2.45. The van der Waals surface area contributed by atoms with E-state index in [9.17, 15) is 13.2 Å². The van der Waals surface area contributed by atoms with Gasteiger partial charge in [-0.05, 0) is 49.1 Å². The molecule has 1 aliphatic heterocycles. The smallest absolute Gasteiger partial charge is 0.233 e. The number of halogens is 1. The van der Waals surface area contributed by atoms with E-state index < -0.39 is 20.5 Å². The van der Waals surface area contributed by atoms with E-state index in [2.05, 4.69) is 0 Å². The highest BCUT2D eigenvalue weighted by atomic mass is 35.5. The Bertz CT molecular complexity index is 951. The molecule has 1 saturated carbocycles. The lowest BCUT2D eigenvalue weighted by molar-refractivity contribution is -0.136. The van der Waals surface area contributed by atoms with E-state index in [0.717, 1.165) is 31.2 Å². The van der Waals surface area contributed by atoms with Gasteiger partial charge in [-0.25, -0.2) is 8.42 Å². The summed E-state index contributed by atoms with van der Waals surface area (Å²) >= 11 is 6.04. The second kappa shape index (κ2) is 7.53. The van der Waals surface area contributed by atoms with E-state index in [-0.39, 0.29) is 12.5 Å². The molecule has 1 heterocycles. The molecule has 4 nitrogen and oxygen atoms in total. The van der Waals surface area contributed by atoms with E-state index in [4.69, 9.17) is 11.6 Å². The summed E-state index contributed by atoms with van der Waals surface area (Å²) in [5, 5.41) is 0.113. The van der Waals surface area contributed by atoms with Crippen LogP contribution in [0, 0.1) is 0 Å². The van der Waals surface area contributed by atoms with Gasteiger partial charge in [-0.2, -0.15) is 0 Å². The van der Waals surface area contributed by atoms with Crippen molar-refractivity contribution >= 4 is 27.3 Å². The molecule has 0 spiro atoms. The maximum Gasteiger partial charge on any atom is 0.233 e. The number of likely N-dealkylation sites (tertiary alicyclic amines) is 1. The summed E-state index contributed by atoms with van der Waals surface area (Å²) < 4.78 is 25.9. The first-order chi connectivity index (χ1) is 13.4. The highest BCUT2D eigenvalue weighted by Crippen LogP contribution is 2.43. The second-order valence-electron chi connectivity index (χ2n) is 7.82. The summed E-state index contributed by atoms with van der Waals surface area (Å²) in [6.45, 7) is 0.760. The van der Waals surface area contributed by atoms with Gasteiger partial charge in [0, 0.05) is 18.1 Å². The number of carbonyl (C=O) groups excluding carboxylic acids is 1. The minimum atomic E-state index is -3.43.